The monoisotopic (exact) mass is 306 g/mol. The zero-order valence-corrected chi connectivity index (χ0v) is 11.9. The quantitative estimate of drug-likeness (QED) is 0.929. The molecule has 1 aliphatic rings. The van der Waals surface area contributed by atoms with Crippen molar-refractivity contribution in [2.75, 3.05) is 13.1 Å². The molecule has 0 spiro atoms. The summed E-state index contributed by atoms with van der Waals surface area (Å²) in [5.74, 6) is -0.621. The van der Waals surface area contributed by atoms with Gasteiger partial charge in [-0.05, 0) is 31.0 Å². The lowest BCUT2D eigenvalue weighted by Crippen LogP contribution is -2.47. The van der Waals surface area contributed by atoms with Crippen LogP contribution in [0.15, 0.2) is 23.1 Å². The molecule has 7 heteroatoms. The van der Waals surface area contributed by atoms with Gasteiger partial charge in [-0.1, -0.05) is 18.0 Å². The summed E-state index contributed by atoms with van der Waals surface area (Å²) in [6.07, 6.45) is 2.45. The van der Waals surface area contributed by atoms with E-state index >= 15 is 0 Å². The van der Waals surface area contributed by atoms with Crippen molar-refractivity contribution in [2.24, 2.45) is 5.73 Å². The number of halogens is 2. The van der Waals surface area contributed by atoms with Gasteiger partial charge in [0.25, 0.3) is 0 Å². The van der Waals surface area contributed by atoms with E-state index in [4.69, 9.17) is 17.3 Å². The van der Waals surface area contributed by atoms with Crippen LogP contribution >= 0.6 is 11.6 Å². The summed E-state index contributed by atoms with van der Waals surface area (Å²) in [6, 6.07) is 3.11. The summed E-state index contributed by atoms with van der Waals surface area (Å²) in [4.78, 5) is -0.186. The molecule has 0 radical (unpaired) electrons. The zero-order valence-electron chi connectivity index (χ0n) is 10.4. The number of hydrogen-bond acceptors (Lipinski definition) is 3. The molecule has 1 aromatic carbocycles. The van der Waals surface area contributed by atoms with Crippen LogP contribution in [0.5, 0.6) is 0 Å². The van der Waals surface area contributed by atoms with E-state index in [1.54, 1.807) is 0 Å². The van der Waals surface area contributed by atoms with Crippen LogP contribution in [-0.2, 0) is 10.0 Å². The largest absolute Gasteiger partial charge is 0.329 e. The van der Waals surface area contributed by atoms with Crippen LogP contribution in [-0.4, -0.2) is 31.9 Å². The number of nitrogens with two attached hydrogens (primary N) is 1. The number of sulfonamides is 1. The fourth-order valence-electron chi connectivity index (χ4n) is 2.33. The molecule has 0 saturated carbocycles. The van der Waals surface area contributed by atoms with Crippen LogP contribution < -0.4 is 5.73 Å². The van der Waals surface area contributed by atoms with Gasteiger partial charge in [-0.25, -0.2) is 12.8 Å². The Balaban J connectivity index is 2.43. The highest BCUT2D eigenvalue weighted by atomic mass is 35.5. The van der Waals surface area contributed by atoms with Crippen molar-refractivity contribution < 1.29 is 12.8 Å². The normalized spacial score (nSPS) is 21.5. The molecule has 2 rings (SSSR count). The van der Waals surface area contributed by atoms with Gasteiger partial charge in [0.2, 0.25) is 10.0 Å². The molecule has 1 atom stereocenters. The van der Waals surface area contributed by atoms with Crippen LogP contribution in [0, 0.1) is 5.82 Å². The maximum atomic E-state index is 13.3. The maximum Gasteiger partial charge on any atom is 0.244 e. The highest BCUT2D eigenvalue weighted by Gasteiger charge is 2.34. The molecule has 0 bridgehead atoms. The van der Waals surface area contributed by atoms with Crippen molar-refractivity contribution in [3.8, 4) is 0 Å². The number of piperidine rings is 1. The molecule has 0 aromatic heterocycles. The first-order valence-electron chi connectivity index (χ1n) is 6.14. The molecule has 19 heavy (non-hydrogen) atoms. The van der Waals surface area contributed by atoms with Crippen LogP contribution in [0.25, 0.3) is 0 Å². The van der Waals surface area contributed by atoms with Gasteiger partial charge in [0.1, 0.15) is 10.7 Å². The second-order valence-corrected chi connectivity index (χ2v) is 6.84. The van der Waals surface area contributed by atoms with Crippen molar-refractivity contribution in [1.82, 2.24) is 4.31 Å². The molecule has 4 nitrogen and oxygen atoms in total. The van der Waals surface area contributed by atoms with Gasteiger partial charge in [0.15, 0.2) is 0 Å². The Morgan fingerprint density at radius 1 is 1.42 bits per heavy atom. The summed E-state index contributed by atoms with van der Waals surface area (Å²) in [6.45, 7) is 0.656. The Morgan fingerprint density at radius 3 is 2.84 bits per heavy atom. The fraction of sp³-hybridized carbons (Fsp3) is 0.500. The standard InChI is InChI=1S/C12H16ClFN2O2S/c13-11-5-4-9(14)7-12(11)19(17,18)16-6-2-1-3-10(16)8-15/h4-5,7,10H,1-3,6,8,15H2/t10-/m0/s1. The third kappa shape index (κ3) is 2.91. The molecule has 2 N–H and O–H groups in total. The summed E-state index contributed by atoms with van der Waals surface area (Å²) >= 11 is 5.89. The van der Waals surface area contributed by atoms with Crippen molar-refractivity contribution in [1.29, 1.82) is 0 Å². The topological polar surface area (TPSA) is 63.4 Å². The number of nitrogens with zero attached hydrogens (tertiary/aromatic N) is 1. The molecule has 1 saturated heterocycles. The summed E-state index contributed by atoms with van der Waals surface area (Å²) < 4.78 is 39.7. The summed E-state index contributed by atoms with van der Waals surface area (Å²) in [7, 11) is -3.80. The van der Waals surface area contributed by atoms with Crippen molar-refractivity contribution in [2.45, 2.75) is 30.2 Å². The number of hydrogen-bond donors (Lipinski definition) is 1. The molecule has 1 aliphatic heterocycles. The lowest BCUT2D eigenvalue weighted by molar-refractivity contribution is 0.257. The van der Waals surface area contributed by atoms with E-state index in [0.717, 1.165) is 31.4 Å². The molecule has 1 aromatic rings. The summed E-state index contributed by atoms with van der Waals surface area (Å²) in [5, 5.41) is 0.0303. The zero-order chi connectivity index (χ0) is 14.0. The van der Waals surface area contributed by atoms with Gasteiger partial charge in [0.05, 0.1) is 5.02 Å². The lowest BCUT2D eigenvalue weighted by atomic mass is 10.1. The molecule has 0 amide bonds. The predicted octanol–water partition coefficient (Wildman–Crippen LogP) is 1.98. The minimum absolute atomic E-state index is 0.0303. The average molecular weight is 307 g/mol. The van der Waals surface area contributed by atoms with Crippen LogP contribution in [0.4, 0.5) is 4.39 Å². The maximum absolute atomic E-state index is 13.3. The second-order valence-electron chi connectivity index (χ2n) is 4.58. The molecule has 0 unspecified atom stereocenters. The first-order valence-corrected chi connectivity index (χ1v) is 7.95. The Hall–Kier alpha value is -0.690. The molecular formula is C12H16ClFN2O2S. The van der Waals surface area contributed by atoms with E-state index in [1.165, 1.54) is 10.4 Å². The first kappa shape index (κ1) is 14.7. The van der Waals surface area contributed by atoms with E-state index < -0.39 is 15.8 Å². The molecule has 0 aliphatic carbocycles. The van der Waals surface area contributed by atoms with E-state index in [2.05, 4.69) is 0 Å². The fourth-order valence-corrected chi connectivity index (χ4v) is 4.52. The Morgan fingerprint density at radius 2 is 2.16 bits per heavy atom. The SMILES string of the molecule is NC[C@@H]1CCCCN1S(=O)(=O)c1cc(F)ccc1Cl. The second kappa shape index (κ2) is 5.75. The number of benzene rings is 1. The Bertz CT molecular complexity index is 565. The molecular weight excluding hydrogens is 291 g/mol. The van der Waals surface area contributed by atoms with Crippen molar-refractivity contribution in [3.63, 3.8) is 0 Å². The van der Waals surface area contributed by atoms with Crippen LogP contribution in [0.2, 0.25) is 5.02 Å². The average Bonchev–Trinajstić information content (AvgIpc) is 2.41. The molecule has 1 heterocycles. The smallest absolute Gasteiger partial charge is 0.244 e. The van der Waals surface area contributed by atoms with Gasteiger partial charge in [-0.2, -0.15) is 4.31 Å². The first-order chi connectivity index (χ1) is 8.96. The molecule has 1 fully saturated rings. The van der Waals surface area contributed by atoms with Crippen LogP contribution in [0.3, 0.4) is 0 Å². The van der Waals surface area contributed by atoms with Crippen LogP contribution in [0.1, 0.15) is 19.3 Å². The molecule has 106 valence electrons. The highest BCUT2D eigenvalue weighted by Crippen LogP contribution is 2.29. The van der Waals surface area contributed by atoms with Gasteiger partial charge < -0.3 is 5.73 Å². The summed E-state index contributed by atoms with van der Waals surface area (Å²) in [5.41, 5.74) is 5.62. The number of rotatable bonds is 3. The van der Waals surface area contributed by atoms with E-state index in [1.807, 2.05) is 0 Å². The van der Waals surface area contributed by atoms with Gasteiger partial charge in [0, 0.05) is 19.1 Å². The lowest BCUT2D eigenvalue weighted by Gasteiger charge is -2.34. The minimum atomic E-state index is -3.80. The minimum Gasteiger partial charge on any atom is -0.329 e. The van der Waals surface area contributed by atoms with Crippen molar-refractivity contribution >= 4 is 21.6 Å². The highest BCUT2D eigenvalue weighted by molar-refractivity contribution is 7.89. The van der Waals surface area contributed by atoms with E-state index in [-0.39, 0.29) is 22.5 Å². The van der Waals surface area contributed by atoms with Crippen molar-refractivity contribution in [3.05, 3.63) is 29.0 Å². The van der Waals surface area contributed by atoms with Gasteiger partial charge in [-0.15, -0.1) is 0 Å². The van der Waals surface area contributed by atoms with E-state index in [0.29, 0.717) is 6.54 Å². The third-order valence-electron chi connectivity index (χ3n) is 3.33. The third-order valence-corrected chi connectivity index (χ3v) is 5.76. The Kier molecular flexibility index (Phi) is 4.45. The predicted molar refractivity (Wildman–Crippen MR) is 72.0 cm³/mol. The van der Waals surface area contributed by atoms with Gasteiger partial charge in [-0.3, -0.25) is 0 Å². The Labute approximate surface area is 117 Å². The van der Waals surface area contributed by atoms with Gasteiger partial charge >= 0.3 is 0 Å². The van der Waals surface area contributed by atoms with E-state index in [9.17, 15) is 12.8 Å².